The molecule has 0 aliphatic heterocycles. The van der Waals surface area contributed by atoms with Crippen LogP contribution in [-0.2, 0) is 10.3 Å². The highest BCUT2D eigenvalue weighted by molar-refractivity contribution is 5.77. The highest BCUT2D eigenvalue weighted by atomic mass is 16.5. The molecule has 1 heterocycles. The third kappa shape index (κ3) is 3.58. The Morgan fingerprint density at radius 3 is 2.55 bits per heavy atom. The van der Waals surface area contributed by atoms with E-state index in [9.17, 15) is 4.79 Å². The summed E-state index contributed by atoms with van der Waals surface area (Å²) in [7, 11) is 0. The number of rotatable bonds is 4. The van der Waals surface area contributed by atoms with Crippen molar-refractivity contribution in [3.63, 3.8) is 0 Å². The molecule has 0 saturated heterocycles. The molecule has 1 N–H and O–H groups in total. The van der Waals surface area contributed by atoms with E-state index in [1.165, 1.54) is 19.3 Å². The molecule has 5 nitrogen and oxygen atoms in total. The van der Waals surface area contributed by atoms with Gasteiger partial charge in [-0.15, -0.1) is 0 Å². The van der Waals surface area contributed by atoms with Gasteiger partial charge in [0.15, 0.2) is 5.82 Å². The van der Waals surface area contributed by atoms with E-state index in [0.29, 0.717) is 18.1 Å². The molecule has 1 fully saturated rings. The Bertz CT molecular complexity index is 473. The van der Waals surface area contributed by atoms with Crippen LogP contribution in [-0.4, -0.2) is 16.0 Å². The average molecular weight is 279 g/mol. The third-order valence-electron chi connectivity index (χ3n) is 4.19. The highest BCUT2D eigenvalue weighted by Crippen LogP contribution is 2.38. The summed E-state index contributed by atoms with van der Waals surface area (Å²) in [6.45, 7) is 7.77. The maximum Gasteiger partial charge on any atom is 0.223 e. The lowest BCUT2D eigenvalue weighted by Crippen LogP contribution is -2.43. The summed E-state index contributed by atoms with van der Waals surface area (Å²) in [5.74, 6) is 1.11. The van der Waals surface area contributed by atoms with Crippen molar-refractivity contribution >= 4 is 5.91 Å². The van der Waals surface area contributed by atoms with Crippen molar-refractivity contribution in [2.45, 2.75) is 71.8 Å². The van der Waals surface area contributed by atoms with Crippen LogP contribution in [0, 0.1) is 12.3 Å². The van der Waals surface area contributed by atoms with Gasteiger partial charge in [0.1, 0.15) is 0 Å². The van der Waals surface area contributed by atoms with Gasteiger partial charge in [0, 0.05) is 13.3 Å². The lowest BCUT2D eigenvalue weighted by atomic mass is 9.73. The molecule has 0 atom stereocenters. The quantitative estimate of drug-likeness (QED) is 0.919. The summed E-state index contributed by atoms with van der Waals surface area (Å²) in [6, 6.07) is 0. The Kier molecular flexibility index (Phi) is 4.16. The molecule has 0 spiro atoms. The van der Waals surface area contributed by atoms with Gasteiger partial charge in [-0.1, -0.05) is 31.3 Å². The smallest absolute Gasteiger partial charge is 0.223 e. The van der Waals surface area contributed by atoms with Crippen molar-refractivity contribution in [3.05, 3.63) is 11.7 Å². The van der Waals surface area contributed by atoms with Crippen LogP contribution < -0.4 is 5.32 Å². The molecule has 1 aromatic heterocycles. The Morgan fingerprint density at radius 1 is 1.35 bits per heavy atom. The molecule has 0 bridgehead atoms. The number of aromatic nitrogens is 2. The van der Waals surface area contributed by atoms with Gasteiger partial charge < -0.3 is 9.84 Å². The minimum absolute atomic E-state index is 0.0712. The van der Waals surface area contributed by atoms with E-state index in [1.807, 2.05) is 13.8 Å². The maximum atomic E-state index is 12.3. The van der Waals surface area contributed by atoms with Gasteiger partial charge in [0.05, 0.1) is 5.54 Å². The van der Waals surface area contributed by atoms with Crippen molar-refractivity contribution in [1.29, 1.82) is 0 Å². The predicted molar refractivity (Wildman–Crippen MR) is 76.0 cm³/mol. The summed E-state index contributed by atoms with van der Waals surface area (Å²) in [5.41, 5.74) is -0.453. The number of hydrogen-bond donors (Lipinski definition) is 1. The first kappa shape index (κ1) is 15.0. The largest absolute Gasteiger partial charge is 0.344 e. The molecule has 0 aromatic carbocycles. The topological polar surface area (TPSA) is 68.0 Å². The number of nitrogens with one attached hydrogen (secondary N) is 1. The van der Waals surface area contributed by atoms with Crippen molar-refractivity contribution in [3.8, 4) is 0 Å². The second-order valence-electron chi connectivity index (χ2n) is 6.86. The van der Waals surface area contributed by atoms with Gasteiger partial charge in [-0.2, -0.15) is 4.98 Å². The highest BCUT2D eigenvalue weighted by Gasteiger charge is 2.33. The molecular weight excluding hydrogens is 254 g/mol. The molecule has 20 heavy (non-hydrogen) atoms. The van der Waals surface area contributed by atoms with Gasteiger partial charge in [-0.05, 0) is 32.1 Å². The number of carbonyl (C=O) groups excluding carboxylic acids is 1. The Labute approximate surface area is 120 Å². The Balaban J connectivity index is 1.96. The first-order chi connectivity index (χ1) is 9.31. The first-order valence-corrected chi connectivity index (χ1v) is 7.43. The fraction of sp³-hybridized carbons (Fsp3) is 0.800. The standard InChI is InChI=1S/C15H25N3O2/c1-11-16-13(18-20-11)14(2,3)17-12(19)10-15(4)8-6-5-7-9-15/h5-10H2,1-4H3,(H,17,19). The van der Waals surface area contributed by atoms with Crippen LogP contribution in [0.2, 0.25) is 0 Å². The summed E-state index contributed by atoms with van der Waals surface area (Å²) < 4.78 is 4.99. The lowest BCUT2D eigenvalue weighted by molar-refractivity contribution is -0.125. The van der Waals surface area contributed by atoms with Crippen LogP contribution in [0.1, 0.15) is 71.0 Å². The fourth-order valence-electron chi connectivity index (χ4n) is 2.97. The molecule has 5 heteroatoms. The molecule has 1 aliphatic rings. The zero-order valence-electron chi connectivity index (χ0n) is 13.0. The number of aryl methyl sites for hydroxylation is 1. The molecule has 0 unspecified atom stereocenters. The van der Waals surface area contributed by atoms with E-state index in [1.54, 1.807) is 6.92 Å². The molecule has 0 radical (unpaired) electrons. The molecular formula is C15H25N3O2. The van der Waals surface area contributed by atoms with E-state index in [4.69, 9.17) is 4.52 Å². The predicted octanol–water partition coefficient (Wildman–Crippen LogP) is 3.09. The number of nitrogens with zero attached hydrogens (tertiary/aromatic N) is 2. The fourth-order valence-corrected chi connectivity index (χ4v) is 2.97. The van der Waals surface area contributed by atoms with Gasteiger partial charge >= 0.3 is 0 Å². The summed E-state index contributed by atoms with van der Waals surface area (Å²) >= 11 is 0. The van der Waals surface area contributed by atoms with Crippen LogP contribution in [0.4, 0.5) is 0 Å². The molecule has 1 aliphatic carbocycles. The van der Waals surface area contributed by atoms with Crippen LogP contribution in [0.3, 0.4) is 0 Å². The van der Waals surface area contributed by atoms with Crippen molar-refractivity contribution in [2.75, 3.05) is 0 Å². The zero-order valence-corrected chi connectivity index (χ0v) is 13.0. The van der Waals surface area contributed by atoms with Crippen molar-refractivity contribution in [2.24, 2.45) is 5.41 Å². The van der Waals surface area contributed by atoms with E-state index >= 15 is 0 Å². The Hall–Kier alpha value is -1.39. The number of hydrogen-bond acceptors (Lipinski definition) is 4. The Morgan fingerprint density at radius 2 is 2.00 bits per heavy atom. The van der Waals surface area contributed by atoms with Crippen LogP contribution in [0.5, 0.6) is 0 Å². The monoisotopic (exact) mass is 279 g/mol. The van der Waals surface area contributed by atoms with E-state index < -0.39 is 5.54 Å². The minimum atomic E-state index is -0.597. The molecule has 2 rings (SSSR count). The lowest BCUT2D eigenvalue weighted by Gasteiger charge is -2.34. The SMILES string of the molecule is Cc1nc(C(C)(C)NC(=O)CC2(C)CCCCC2)no1. The van der Waals surface area contributed by atoms with Gasteiger partial charge in [0.2, 0.25) is 11.8 Å². The van der Waals surface area contributed by atoms with Gasteiger partial charge in [-0.25, -0.2) is 0 Å². The van der Waals surface area contributed by atoms with Gasteiger partial charge in [-0.3, -0.25) is 4.79 Å². The maximum absolute atomic E-state index is 12.3. The second kappa shape index (κ2) is 5.54. The van der Waals surface area contributed by atoms with E-state index in [2.05, 4.69) is 22.4 Å². The second-order valence-corrected chi connectivity index (χ2v) is 6.86. The van der Waals surface area contributed by atoms with E-state index in [-0.39, 0.29) is 11.3 Å². The minimum Gasteiger partial charge on any atom is -0.344 e. The normalized spacial score (nSPS) is 18.8. The molecule has 112 valence electrons. The zero-order chi connectivity index (χ0) is 14.8. The van der Waals surface area contributed by atoms with Crippen LogP contribution in [0.25, 0.3) is 0 Å². The van der Waals surface area contributed by atoms with Crippen LogP contribution >= 0.6 is 0 Å². The molecule has 1 amide bonds. The first-order valence-electron chi connectivity index (χ1n) is 7.43. The number of carbonyl (C=O) groups is 1. The molecule has 1 saturated carbocycles. The summed E-state index contributed by atoms with van der Waals surface area (Å²) in [6.07, 6.45) is 6.62. The molecule has 1 aromatic rings. The summed E-state index contributed by atoms with van der Waals surface area (Å²) in [4.78, 5) is 16.5. The summed E-state index contributed by atoms with van der Waals surface area (Å²) in [5, 5.41) is 6.94. The van der Waals surface area contributed by atoms with Crippen molar-refractivity contribution < 1.29 is 9.32 Å². The van der Waals surface area contributed by atoms with Gasteiger partial charge in [0.25, 0.3) is 0 Å². The third-order valence-corrected chi connectivity index (χ3v) is 4.19. The van der Waals surface area contributed by atoms with E-state index in [0.717, 1.165) is 12.8 Å². The van der Waals surface area contributed by atoms with Crippen LogP contribution in [0.15, 0.2) is 4.52 Å². The van der Waals surface area contributed by atoms with Crippen molar-refractivity contribution in [1.82, 2.24) is 15.5 Å². The average Bonchev–Trinajstić information content (AvgIpc) is 2.76. The number of amides is 1.